The first-order valence-electron chi connectivity index (χ1n) is 7.97. The number of nitrogen functional groups attached to an aromatic ring is 1. The molecular formula is C18H20N4O. The van der Waals surface area contributed by atoms with Crippen molar-refractivity contribution in [3.63, 3.8) is 0 Å². The Morgan fingerprint density at radius 3 is 2.70 bits per heavy atom. The highest BCUT2D eigenvalue weighted by atomic mass is 16.2. The quantitative estimate of drug-likeness (QED) is 0.839. The molecule has 3 N–H and O–H groups in total. The Balaban J connectivity index is 1.49. The molecule has 0 saturated carbocycles. The van der Waals surface area contributed by atoms with Gasteiger partial charge in [-0.2, -0.15) is 0 Å². The van der Waals surface area contributed by atoms with E-state index in [1.54, 1.807) is 0 Å². The molecule has 2 aliphatic rings. The number of carbonyl (C=O) groups excluding carboxylic acids is 1. The summed E-state index contributed by atoms with van der Waals surface area (Å²) in [5.74, 6) is 0. The number of nitrogens with zero attached hydrogens (tertiary/aromatic N) is 2. The van der Waals surface area contributed by atoms with Crippen molar-refractivity contribution >= 4 is 23.1 Å². The van der Waals surface area contributed by atoms with Crippen LogP contribution in [0.1, 0.15) is 12.0 Å². The number of para-hydroxylation sites is 1. The molecule has 118 valence electrons. The highest BCUT2D eigenvalue weighted by molar-refractivity contribution is 5.92. The van der Waals surface area contributed by atoms with Crippen molar-refractivity contribution in [3.8, 4) is 0 Å². The standard InChI is InChI=1S/C18H20N4O/c19-14-5-7-15(8-6-14)21-10-9-16(12-21)22-11-13-3-1-2-4-17(13)20-18(22)23/h1-8,16H,9-12,19H2,(H,20,23)/t16-/m0/s1. The molecule has 0 aromatic heterocycles. The summed E-state index contributed by atoms with van der Waals surface area (Å²) in [6.07, 6.45) is 0.986. The summed E-state index contributed by atoms with van der Waals surface area (Å²) >= 11 is 0. The van der Waals surface area contributed by atoms with E-state index in [-0.39, 0.29) is 12.1 Å². The van der Waals surface area contributed by atoms with E-state index >= 15 is 0 Å². The fraction of sp³-hybridized carbons (Fsp3) is 0.278. The predicted molar refractivity (Wildman–Crippen MR) is 92.5 cm³/mol. The van der Waals surface area contributed by atoms with Crippen LogP contribution in [0.5, 0.6) is 0 Å². The lowest BCUT2D eigenvalue weighted by Crippen LogP contribution is -2.46. The van der Waals surface area contributed by atoms with Crippen LogP contribution in [0.3, 0.4) is 0 Å². The molecule has 23 heavy (non-hydrogen) atoms. The van der Waals surface area contributed by atoms with E-state index in [0.29, 0.717) is 6.54 Å². The van der Waals surface area contributed by atoms with Crippen molar-refractivity contribution in [3.05, 3.63) is 54.1 Å². The normalized spacial score (nSPS) is 20.3. The van der Waals surface area contributed by atoms with Gasteiger partial charge in [-0.25, -0.2) is 4.79 Å². The third-order valence-corrected chi connectivity index (χ3v) is 4.72. The number of benzene rings is 2. The van der Waals surface area contributed by atoms with E-state index in [4.69, 9.17) is 5.73 Å². The van der Waals surface area contributed by atoms with Crippen molar-refractivity contribution in [2.24, 2.45) is 0 Å². The number of nitrogens with one attached hydrogen (secondary N) is 1. The molecule has 2 aliphatic heterocycles. The van der Waals surface area contributed by atoms with Gasteiger partial charge in [-0.1, -0.05) is 18.2 Å². The maximum atomic E-state index is 12.4. The van der Waals surface area contributed by atoms with E-state index < -0.39 is 0 Å². The number of hydrogen-bond donors (Lipinski definition) is 2. The zero-order valence-corrected chi connectivity index (χ0v) is 12.9. The number of hydrogen-bond acceptors (Lipinski definition) is 3. The Kier molecular flexibility index (Phi) is 3.33. The summed E-state index contributed by atoms with van der Waals surface area (Å²) in [5.41, 5.74) is 9.81. The number of anilines is 3. The molecule has 0 aliphatic carbocycles. The second-order valence-corrected chi connectivity index (χ2v) is 6.20. The molecule has 1 saturated heterocycles. The molecule has 1 fully saturated rings. The summed E-state index contributed by atoms with van der Waals surface area (Å²) in [6, 6.07) is 16.2. The van der Waals surface area contributed by atoms with Crippen molar-refractivity contribution in [2.75, 3.05) is 29.0 Å². The first-order chi connectivity index (χ1) is 11.2. The van der Waals surface area contributed by atoms with E-state index in [1.807, 2.05) is 47.4 Å². The van der Waals surface area contributed by atoms with Crippen molar-refractivity contribution in [1.82, 2.24) is 4.90 Å². The Hall–Kier alpha value is -2.69. The molecule has 0 spiro atoms. The first-order valence-corrected chi connectivity index (χ1v) is 7.97. The SMILES string of the molecule is Nc1ccc(N2CC[C@H](N3Cc4ccccc4NC3=O)C2)cc1. The van der Waals surface area contributed by atoms with Crippen molar-refractivity contribution < 1.29 is 4.79 Å². The minimum absolute atomic E-state index is 0.00727. The monoisotopic (exact) mass is 308 g/mol. The van der Waals surface area contributed by atoms with E-state index in [1.165, 1.54) is 11.3 Å². The van der Waals surface area contributed by atoms with Gasteiger partial charge in [-0.05, 0) is 42.3 Å². The molecule has 0 unspecified atom stereocenters. The largest absolute Gasteiger partial charge is 0.399 e. The average molecular weight is 308 g/mol. The molecule has 2 amide bonds. The molecule has 2 aromatic carbocycles. The fourth-order valence-corrected chi connectivity index (χ4v) is 3.43. The maximum Gasteiger partial charge on any atom is 0.322 e. The van der Waals surface area contributed by atoms with Gasteiger partial charge in [0.05, 0.1) is 6.04 Å². The van der Waals surface area contributed by atoms with Gasteiger partial charge in [-0.15, -0.1) is 0 Å². The van der Waals surface area contributed by atoms with Crippen LogP contribution in [0.25, 0.3) is 0 Å². The highest BCUT2D eigenvalue weighted by Gasteiger charge is 2.33. The molecule has 2 aromatic rings. The number of rotatable bonds is 2. The minimum Gasteiger partial charge on any atom is -0.399 e. The topological polar surface area (TPSA) is 61.6 Å². The molecule has 0 bridgehead atoms. The molecule has 1 atom stereocenters. The van der Waals surface area contributed by atoms with Crippen LogP contribution < -0.4 is 16.0 Å². The summed E-state index contributed by atoms with van der Waals surface area (Å²) in [7, 11) is 0. The van der Waals surface area contributed by atoms with Gasteiger partial charge in [0.1, 0.15) is 0 Å². The summed E-state index contributed by atoms with van der Waals surface area (Å²) in [6.45, 7) is 2.50. The second-order valence-electron chi connectivity index (χ2n) is 6.20. The number of urea groups is 1. The molecule has 4 rings (SSSR count). The lowest BCUT2D eigenvalue weighted by molar-refractivity contribution is 0.186. The Morgan fingerprint density at radius 2 is 1.87 bits per heavy atom. The molecule has 5 nitrogen and oxygen atoms in total. The summed E-state index contributed by atoms with van der Waals surface area (Å²) in [5, 5.41) is 3.00. The van der Waals surface area contributed by atoms with Gasteiger partial charge < -0.3 is 20.9 Å². The molecule has 2 heterocycles. The molecular weight excluding hydrogens is 288 g/mol. The maximum absolute atomic E-state index is 12.4. The van der Waals surface area contributed by atoms with Crippen LogP contribution in [0, 0.1) is 0 Å². The second kappa shape index (κ2) is 5.50. The van der Waals surface area contributed by atoms with Crippen LogP contribution in [-0.4, -0.2) is 30.1 Å². The number of fused-ring (bicyclic) bond motifs is 1. The van der Waals surface area contributed by atoms with Gasteiger partial charge in [0, 0.05) is 36.7 Å². The lowest BCUT2D eigenvalue weighted by Gasteiger charge is -2.34. The fourth-order valence-electron chi connectivity index (χ4n) is 3.43. The van der Waals surface area contributed by atoms with Gasteiger partial charge in [0.25, 0.3) is 0 Å². The minimum atomic E-state index is 0.00727. The van der Waals surface area contributed by atoms with E-state index in [9.17, 15) is 4.79 Å². The number of nitrogens with two attached hydrogens (primary N) is 1. The highest BCUT2D eigenvalue weighted by Crippen LogP contribution is 2.29. The summed E-state index contributed by atoms with van der Waals surface area (Å²) < 4.78 is 0. The molecule has 0 radical (unpaired) electrons. The van der Waals surface area contributed by atoms with Crippen LogP contribution >= 0.6 is 0 Å². The third kappa shape index (κ3) is 2.59. The van der Waals surface area contributed by atoms with Crippen molar-refractivity contribution in [1.29, 1.82) is 0 Å². The zero-order valence-electron chi connectivity index (χ0n) is 12.9. The van der Waals surface area contributed by atoms with E-state index in [0.717, 1.165) is 30.9 Å². The third-order valence-electron chi connectivity index (χ3n) is 4.72. The zero-order chi connectivity index (χ0) is 15.8. The number of carbonyl (C=O) groups is 1. The molecule has 5 heteroatoms. The van der Waals surface area contributed by atoms with Crippen molar-refractivity contribution in [2.45, 2.75) is 19.0 Å². The Labute approximate surface area is 135 Å². The smallest absolute Gasteiger partial charge is 0.322 e. The van der Waals surface area contributed by atoms with E-state index in [2.05, 4.69) is 16.3 Å². The average Bonchev–Trinajstić information content (AvgIpc) is 3.04. The van der Waals surface area contributed by atoms with Gasteiger partial charge >= 0.3 is 6.03 Å². The number of amides is 2. The lowest BCUT2D eigenvalue weighted by atomic mass is 10.1. The van der Waals surface area contributed by atoms with Gasteiger partial charge in [0.2, 0.25) is 0 Å². The van der Waals surface area contributed by atoms with Crippen LogP contribution in [0.15, 0.2) is 48.5 Å². The van der Waals surface area contributed by atoms with Crippen LogP contribution in [-0.2, 0) is 6.54 Å². The van der Waals surface area contributed by atoms with Gasteiger partial charge in [0.15, 0.2) is 0 Å². The van der Waals surface area contributed by atoms with Crippen LogP contribution in [0.2, 0.25) is 0 Å². The Bertz CT molecular complexity index is 728. The van der Waals surface area contributed by atoms with Crippen LogP contribution in [0.4, 0.5) is 21.9 Å². The first kappa shape index (κ1) is 13.9. The van der Waals surface area contributed by atoms with Gasteiger partial charge in [-0.3, -0.25) is 0 Å². The summed E-state index contributed by atoms with van der Waals surface area (Å²) in [4.78, 5) is 16.7. The predicted octanol–water partition coefficient (Wildman–Crippen LogP) is 2.90. The Morgan fingerprint density at radius 1 is 1.09 bits per heavy atom.